The lowest BCUT2D eigenvalue weighted by Crippen LogP contribution is -2.34. The van der Waals surface area contributed by atoms with E-state index in [2.05, 4.69) is 12.1 Å². The third-order valence-corrected chi connectivity index (χ3v) is 2.96. The van der Waals surface area contributed by atoms with Gasteiger partial charge in [0.25, 0.3) is 0 Å². The van der Waals surface area contributed by atoms with Crippen LogP contribution in [0.2, 0.25) is 0 Å². The second-order valence-corrected chi connectivity index (χ2v) is 4.48. The van der Waals surface area contributed by atoms with Crippen molar-refractivity contribution in [2.75, 3.05) is 19.7 Å². The average Bonchev–Trinajstić information content (AvgIpc) is 3.20. The van der Waals surface area contributed by atoms with Crippen molar-refractivity contribution in [3.8, 4) is 0 Å². The van der Waals surface area contributed by atoms with E-state index in [-0.39, 0.29) is 12.0 Å². The van der Waals surface area contributed by atoms with Gasteiger partial charge >= 0.3 is 0 Å². The summed E-state index contributed by atoms with van der Waals surface area (Å²) in [7, 11) is 0. The van der Waals surface area contributed by atoms with Gasteiger partial charge in [-0.25, -0.2) is 0 Å². The van der Waals surface area contributed by atoms with Crippen molar-refractivity contribution in [3.63, 3.8) is 0 Å². The van der Waals surface area contributed by atoms with Crippen LogP contribution < -0.4 is 0 Å². The number of benzene rings is 1. The maximum atomic E-state index is 11.9. The average molecular weight is 245 g/mol. The largest absolute Gasteiger partial charge is 0.371 e. The van der Waals surface area contributed by atoms with Crippen LogP contribution in [0.5, 0.6) is 0 Å². The molecule has 0 aromatic heterocycles. The predicted molar refractivity (Wildman–Crippen MR) is 71.3 cm³/mol. The van der Waals surface area contributed by atoms with Gasteiger partial charge in [0.1, 0.15) is 0 Å². The molecule has 0 spiro atoms. The minimum absolute atomic E-state index is 0.0731. The summed E-state index contributed by atoms with van der Waals surface area (Å²) < 4.78 is 5.20. The maximum Gasteiger partial charge on any atom is 0.246 e. The molecule has 1 atom stereocenters. The molecule has 1 amide bonds. The SMILES string of the molecule is C/C=C/C(=O)N(CCc1ccccc1)CC1CO1. The Morgan fingerprint density at radius 3 is 2.78 bits per heavy atom. The van der Waals surface area contributed by atoms with Gasteiger partial charge in [-0.2, -0.15) is 0 Å². The van der Waals surface area contributed by atoms with Gasteiger partial charge < -0.3 is 9.64 Å². The third kappa shape index (κ3) is 4.00. The molecule has 0 N–H and O–H groups in total. The van der Waals surface area contributed by atoms with Gasteiger partial charge in [-0.3, -0.25) is 4.79 Å². The first-order chi connectivity index (χ1) is 8.79. The number of carbonyl (C=O) groups excluding carboxylic acids is 1. The molecule has 1 aromatic carbocycles. The van der Waals surface area contributed by atoms with E-state index in [1.165, 1.54) is 5.56 Å². The van der Waals surface area contributed by atoms with Crippen LogP contribution in [0.1, 0.15) is 12.5 Å². The number of hydrogen-bond acceptors (Lipinski definition) is 2. The molecule has 18 heavy (non-hydrogen) atoms. The predicted octanol–water partition coefficient (Wildman–Crippen LogP) is 2.03. The fraction of sp³-hybridized carbons (Fsp3) is 0.400. The number of nitrogens with zero attached hydrogens (tertiary/aromatic N) is 1. The van der Waals surface area contributed by atoms with Gasteiger partial charge in [0.2, 0.25) is 5.91 Å². The first kappa shape index (κ1) is 12.8. The Morgan fingerprint density at radius 2 is 2.17 bits per heavy atom. The Kier molecular flexibility index (Phi) is 4.53. The van der Waals surface area contributed by atoms with Crippen LogP contribution in [-0.2, 0) is 16.0 Å². The van der Waals surface area contributed by atoms with Crippen LogP contribution in [-0.4, -0.2) is 36.6 Å². The molecule has 0 bridgehead atoms. The second kappa shape index (κ2) is 6.36. The zero-order valence-corrected chi connectivity index (χ0v) is 10.7. The lowest BCUT2D eigenvalue weighted by molar-refractivity contribution is -0.126. The Bertz CT molecular complexity index is 410. The van der Waals surface area contributed by atoms with Crippen LogP contribution in [0.15, 0.2) is 42.5 Å². The number of carbonyl (C=O) groups is 1. The summed E-state index contributed by atoms with van der Waals surface area (Å²) >= 11 is 0. The molecule has 1 aliphatic rings. The smallest absolute Gasteiger partial charge is 0.246 e. The molecule has 2 rings (SSSR count). The van der Waals surface area contributed by atoms with Gasteiger partial charge in [-0.1, -0.05) is 36.4 Å². The van der Waals surface area contributed by atoms with Gasteiger partial charge in [0.15, 0.2) is 0 Å². The summed E-state index contributed by atoms with van der Waals surface area (Å²) in [5.41, 5.74) is 1.26. The first-order valence-electron chi connectivity index (χ1n) is 6.36. The van der Waals surface area contributed by atoms with Crippen molar-refractivity contribution >= 4 is 5.91 Å². The molecule has 1 aliphatic heterocycles. The zero-order chi connectivity index (χ0) is 12.8. The molecule has 1 aromatic rings. The highest BCUT2D eigenvalue weighted by molar-refractivity contribution is 5.87. The fourth-order valence-electron chi connectivity index (χ4n) is 1.87. The quantitative estimate of drug-likeness (QED) is 0.567. The molecule has 1 saturated heterocycles. The zero-order valence-electron chi connectivity index (χ0n) is 10.7. The normalized spacial score (nSPS) is 17.9. The Labute approximate surface area is 108 Å². The maximum absolute atomic E-state index is 11.9. The lowest BCUT2D eigenvalue weighted by Gasteiger charge is -2.20. The number of hydrogen-bond donors (Lipinski definition) is 0. The van der Waals surface area contributed by atoms with Crippen molar-refractivity contribution < 1.29 is 9.53 Å². The summed E-state index contributed by atoms with van der Waals surface area (Å²) in [6.07, 6.45) is 4.53. The number of amides is 1. The highest BCUT2D eigenvalue weighted by Gasteiger charge is 2.26. The van der Waals surface area contributed by atoms with Crippen LogP contribution >= 0.6 is 0 Å². The van der Waals surface area contributed by atoms with Crippen molar-refractivity contribution in [2.24, 2.45) is 0 Å². The van der Waals surface area contributed by atoms with E-state index in [1.807, 2.05) is 30.0 Å². The molecule has 3 heteroatoms. The van der Waals surface area contributed by atoms with E-state index in [0.717, 1.165) is 19.6 Å². The van der Waals surface area contributed by atoms with Crippen LogP contribution in [0, 0.1) is 0 Å². The van der Waals surface area contributed by atoms with Crippen LogP contribution in [0.25, 0.3) is 0 Å². The molecule has 3 nitrogen and oxygen atoms in total. The minimum Gasteiger partial charge on any atom is -0.371 e. The van der Waals surface area contributed by atoms with E-state index in [1.54, 1.807) is 12.2 Å². The summed E-state index contributed by atoms with van der Waals surface area (Å²) in [4.78, 5) is 13.8. The van der Waals surface area contributed by atoms with Gasteiger partial charge in [-0.15, -0.1) is 0 Å². The number of allylic oxidation sites excluding steroid dienone is 1. The molecule has 0 aliphatic carbocycles. The molecule has 0 radical (unpaired) electrons. The topological polar surface area (TPSA) is 32.8 Å². The highest BCUT2D eigenvalue weighted by atomic mass is 16.6. The van der Waals surface area contributed by atoms with Gasteiger partial charge in [0.05, 0.1) is 12.7 Å². The van der Waals surface area contributed by atoms with E-state index >= 15 is 0 Å². The third-order valence-electron chi connectivity index (χ3n) is 2.96. The van der Waals surface area contributed by atoms with Gasteiger partial charge in [0, 0.05) is 13.1 Å². The van der Waals surface area contributed by atoms with Crippen molar-refractivity contribution in [1.29, 1.82) is 0 Å². The van der Waals surface area contributed by atoms with Gasteiger partial charge in [-0.05, 0) is 25.0 Å². The highest BCUT2D eigenvalue weighted by Crippen LogP contribution is 2.12. The molecule has 1 heterocycles. The van der Waals surface area contributed by atoms with Crippen molar-refractivity contribution in [2.45, 2.75) is 19.4 Å². The summed E-state index contributed by atoms with van der Waals surface area (Å²) in [5.74, 6) is 0.0731. The summed E-state index contributed by atoms with van der Waals surface area (Å²) in [5, 5.41) is 0. The monoisotopic (exact) mass is 245 g/mol. The van der Waals surface area contributed by atoms with E-state index < -0.39 is 0 Å². The molecule has 1 unspecified atom stereocenters. The van der Waals surface area contributed by atoms with Crippen LogP contribution in [0.3, 0.4) is 0 Å². The van der Waals surface area contributed by atoms with Crippen molar-refractivity contribution in [1.82, 2.24) is 4.90 Å². The van der Waals surface area contributed by atoms with E-state index in [4.69, 9.17) is 4.74 Å². The Morgan fingerprint density at radius 1 is 1.44 bits per heavy atom. The molecular weight excluding hydrogens is 226 g/mol. The summed E-state index contributed by atoms with van der Waals surface area (Å²) in [6.45, 7) is 4.09. The van der Waals surface area contributed by atoms with Crippen molar-refractivity contribution in [3.05, 3.63) is 48.0 Å². The Balaban J connectivity index is 1.89. The molecular formula is C15H19NO2. The standard InChI is InChI=1S/C15H19NO2/c1-2-6-15(17)16(11-14-12-18-14)10-9-13-7-4-3-5-8-13/h2-8,14H,9-12H2,1H3/b6-2+. The summed E-state index contributed by atoms with van der Waals surface area (Å²) in [6, 6.07) is 10.2. The second-order valence-electron chi connectivity index (χ2n) is 4.48. The number of ether oxygens (including phenoxy) is 1. The molecule has 96 valence electrons. The fourth-order valence-corrected chi connectivity index (χ4v) is 1.87. The van der Waals surface area contributed by atoms with E-state index in [9.17, 15) is 4.79 Å². The van der Waals surface area contributed by atoms with E-state index in [0.29, 0.717) is 6.54 Å². The lowest BCUT2D eigenvalue weighted by atomic mass is 10.1. The number of rotatable bonds is 6. The first-order valence-corrected chi connectivity index (χ1v) is 6.36. The molecule has 1 fully saturated rings. The Hall–Kier alpha value is -1.61. The molecule has 0 saturated carbocycles. The number of epoxide rings is 1. The van der Waals surface area contributed by atoms with Crippen LogP contribution in [0.4, 0.5) is 0 Å². The minimum atomic E-state index is 0.0731.